The number of nitrogens with zero attached hydrogens (tertiary/aromatic N) is 5. The molecule has 1 aromatic heterocycles. The van der Waals surface area contributed by atoms with E-state index < -0.39 is 5.54 Å². The van der Waals surface area contributed by atoms with Crippen LogP contribution in [0.15, 0.2) is 64.2 Å². The summed E-state index contributed by atoms with van der Waals surface area (Å²) in [6, 6.07) is 16.4. The minimum atomic E-state index is -0.850. The van der Waals surface area contributed by atoms with Crippen LogP contribution in [-0.4, -0.2) is 102 Å². The van der Waals surface area contributed by atoms with E-state index in [2.05, 4.69) is 36.4 Å². The first kappa shape index (κ1) is 27.8. The van der Waals surface area contributed by atoms with Gasteiger partial charge in [-0.2, -0.15) is 0 Å². The molecule has 1 spiro atoms. The van der Waals surface area contributed by atoms with Crippen LogP contribution < -0.4 is 0 Å². The normalized spacial score (nSPS) is 21.8. The van der Waals surface area contributed by atoms with Crippen molar-refractivity contribution in [1.82, 2.24) is 19.6 Å². The molecule has 3 amide bonds. The van der Waals surface area contributed by atoms with E-state index in [-0.39, 0.29) is 29.6 Å². The van der Waals surface area contributed by atoms with Crippen molar-refractivity contribution >= 4 is 34.5 Å². The summed E-state index contributed by atoms with van der Waals surface area (Å²) in [5, 5.41) is 1.06. The second-order valence-corrected chi connectivity index (χ2v) is 13.0. The smallest absolute Gasteiger partial charge is 0.256 e. The van der Waals surface area contributed by atoms with Gasteiger partial charge in [0.15, 0.2) is 0 Å². The molecule has 224 valence electrons. The molecule has 0 unspecified atom stereocenters. The molecule has 1 saturated carbocycles. The highest BCUT2D eigenvalue weighted by Gasteiger charge is 2.51. The number of amides is 3. The number of furan rings is 1. The molecule has 2 aromatic carbocycles. The number of piperidine rings is 1. The average Bonchev–Trinajstić information content (AvgIpc) is 3.47. The van der Waals surface area contributed by atoms with Crippen molar-refractivity contribution in [3.8, 4) is 11.1 Å². The van der Waals surface area contributed by atoms with E-state index in [1.54, 1.807) is 6.26 Å². The lowest BCUT2D eigenvalue weighted by atomic mass is 9.87. The zero-order chi connectivity index (χ0) is 29.7. The molecule has 7 rings (SSSR count). The Labute approximate surface area is 252 Å². The topological polar surface area (TPSA) is 89.7 Å². The van der Waals surface area contributed by atoms with Gasteiger partial charge in [0.1, 0.15) is 17.0 Å². The Morgan fingerprint density at radius 2 is 1.65 bits per heavy atom. The second-order valence-electron chi connectivity index (χ2n) is 13.0. The highest BCUT2D eigenvalue weighted by molar-refractivity contribution is 6.15. The van der Waals surface area contributed by atoms with Crippen LogP contribution in [0, 0.1) is 11.8 Å². The molecule has 0 N–H and O–H groups in total. The lowest BCUT2D eigenvalue weighted by molar-refractivity contribution is -0.138. The van der Waals surface area contributed by atoms with E-state index in [9.17, 15) is 14.4 Å². The number of hydrogen-bond donors (Lipinski definition) is 0. The number of fused-ring (bicyclic) bond motifs is 1. The zero-order valence-electron chi connectivity index (χ0n) is 25.0. The molecule has 0 bridgehead atoms. The number of amidine groups is 1. The van der Waals surface area contributed by atoms with E-state index in [4.69, 9.17) is 9.41 Å². The number of likely N-dealkylation sites (tertiary alicyclic amines) is 2. The number of benzene rings is 2. The number of rotatable bonds is 7. The summed E-state index contributed by atoms with van der Waals surface area (Å²) in [7, 11) is 3.78. The highest BCUT2D eigenvalue weighted by atomic mass is 16.3. The molecule has 2 saturated heterocycles. The van der Waals surface area contributed by atoms with Crippen molar-refractivity contribution < 1.29 is 18.8 Å². The summed E-state index contributed by atoms with van der Waals surface area (Å²) in [4.78, 5) is 52.5. The fourth-order valence-electron chi connectivity index (χ4n) is 6.86. The third-order valence-electron chi connectivity index (χ3n) is 9.51. The maximum absolute atomic E-state index is 14.2. The van der Waals surface area contributed by atoms with Gasteiger partial charge in [-0.25, -0.2) is 0 Å². The molecule has 1 atom stereocenters. The Balaban J connectivity index is 1.14. The Hall–Kier alpha value is -3.98. The fourth-order valence-corrected chi connectivity index (χ4v) is 6.86. The maximum atomic E-state index is 14.2. The van der Waals surface area contributed by atoms with Crippen LogP contribution in [0.25, 0.3) is 22.1 Å². The van der Waals surface area contributed by atoms with Gasteiger partial charge in [0, 0.05) is 49.6 Å². The molecule has 43 heavy (non-hydrogen) atoms. The molecular formula is C34H39N5O4. The molecule has 3 aromatic rings. The third kappa shape index (κ3) is 5.35. The first-order valence-corrected chi connectivity index (χ1v) is 15.5. The first-order chi connectivity index (χ1) is 20.8. The maximum Gasteiger partial charge on any atom is 0.256 e. The van der Waals surface area contributed by atoms with Crippen LogP contribution >= 0.6 is 0 Å². The number of hydrogen-bond acceptors (Lipinski definition) is 6. The van der Waals surface area contributed by atoms with E-state index in [0.717, 1.165) is 53.5 Å². The quantitative estimate of drug-likeness (QED) is 0.423. The second kappa shape index (κ2) is 10.9. The van der Waals surface area contributed by atoms with Crippen LogP contribution in [-0.2, 0) is 14.4 Å². The predicted molar refractivity (Wildman–Crippen MR) is 164 cm³/mol. The van der Waals surface area contributed by atoms with Crippen LogP contribution in [0.2, 0.25) is 0 Å². The molecule has 4 aliphatic rings. The predicted octanol–water partition coefficient (Wildman–Crippen LogP) is 3.87. The summed E-state index contributed by atoms with van der Waals surface area (Å²) in [6.07, 6.45) is 5.64. The summed E-state index contributed by atoms with van der Waals surface area (Å²) in [5.41, 5.74) is 3.10. The summed E-state index contributed by atoms with van der Waals surface area (Å²) in [6.45, 7) is 3.41. The van der Waals surface area contributed by atoms with E-state index in [0.29, 0.717) is 51.4 Å². The van der Waals surface area contributed by atoms with Crippen LogP contribution in [0.4, 0.5) is 0 Å². The van der Waals surface area contributed by atoms with Gasteiger partial charge in [0.05, 0.1) is 12.8 Å². The summed E-state index contributed by atoms with van der Waals surface area (Å²) in [5.74, 6) is 1.53. The van der Waals surface area contributed by atoms with Crippen LogP contribution in [0.3, 0.4) is 0 Å². The monoisotopic (exact) mass is 581 g/mol. The van der Waals surface area contributed by atoms with Crippen molar-refractivity contribution in [1.29, 1.82) is 0 Å². The lowest BCUT2D eigenvalue weighted by Gasteiger charge is -2.37. The standard InChI is InChI=1S/C34H39N5O4/c1-36(2)22-30(40)37-16-13-34(14-17-37)33(42)39(21-23-11-15-38(20-23)32(41)26-7-8-26)31(35-34)25-5-3-24(4-6-25)27-9-10-29-28(19-27)12-18-43-29/h3-6,9-10,12,18-19,23,26H,7-8,11,13-17,20-22H2,1-2H3/t23-/m1/s1. The van der Waals surface area contributed by atoms with Gasteiger partial charge in [-0.05, 0) is 81.4 Å². The van der Waals surface area contributed by atoms with Gasteiger partial charge in [-0.1, -0.05) is 30.3 Å². The Morgan fingerprint density at radius 1 is 0.930 bits per heavy atom. The van der Waals surface area contributed by atoms with E-state index in [1.807, 2.05) is 45.8 Å². The van der Waals surface area contributed by atoms with Crippen molar-refractivity contribution in [3.63, 3.8) is 0 Å². The van der Waals surface area contributed by atoms with Gasteiger partial charge in [-0.15, -0.1) is 0 Å². The Kier molecular flexibility index (Phi) is 7.08. The van der Waals surface area contributed by atoms with Gasteiger partial charge in [0.2, 0.25) is 11.8 Å². The SMILES string of the molecule is CN(C)CC(=O)N1CCC2(CC1)N=C(c1ccc(-c3ccc4occc4c3)cc1)N(C[C@@H]1CCN(C(=O)C3CC3)C1)C2=O. The molecule has 3 aliphatic heterocycles. The molecule has 4 heterocycles. The molecule has 9 nitrogen and oxygen atoms in total. The average molecular weight is 582 g/mol. The minimum absolute atomic E-state index is 0.0312. The number of carbonyl (C=O) groups is 3. The number of carbonyl (C=O) groups excluding carboxylic acids is 3. The number of likely N-dealkylation sites (N-methyl/N-ethyl adjacent to an activating group) is 1. The Morgan fingerprint density at radius 3 is 2.37 bits per heavy atom. The largest absolute Gasteiger partial charge is 0.464 e. The zero-order valence-corrected chi connectivity index (χ0v) is 25.0. The van der Waals surface area contributed by atoms with Gasteiger partial charge in [0.25, 0.3) is 5.91 Å². The van der Waals surface area contributed by atoms with Gasteiger partial charge < -0.3 is 19.1 Å². The fraction of sp³-hybridized carbons (Fsp3) is 0.471. The van der Waals surface area contributed by atoms with E-state index >= 15 is 0 Å². The number of aliphatic imine (C=N–C) groups is 1. The minimum Gasteiger partial charge on any atom is -0.464 e. The highest BCUT2D eigenvalue weighted by Crippen LogP contribution is 2.38. The lowest BCUT2D eigenvalue weighted by Crippen LogP contribution is -2.53. The molecule has 1 aliphatic carbocycles. The van der Waals surface area contributed by atoms with E-state index in [1.165, 1.54) is 0 Å². The molecule has 9 heteroatoms. The summed E-state index contributed by atoms with van der Waals surface area (Å²) >= 11 is 0. The van der Waals surface area contributed by atoms with Crippen molar-refractivity contribution in [2.24, 2.45) is 16.8 Å². The van der Waals surface area contributed by atoms with Crippen LogP contribution in [0.1, 0.15) is 37.7 Å². The van der Waals surface area contributed by atoms with Crippen molar-refractivity contribution in [3.05, 3.63) is 60.4 Å². The van der Waals surface area contributed by atoms with Gasteiger partial charge >= 0.3 is 0 Å². The first-order valence-electron chi connectivity index (χ1n) is 15.5. The molecular weight excluding hydrogens is 542 g/mol. The Bertz CT molecular complexity index is 1580. The van der Waals surface area contributed by atoms with Crippen LogP contribution in [0.5, 0.6) is 0 Å². The summed E-state index contributed by atoms with van der Waals surface area (Å²) < 4.78 is 5.50. The van der Waals surface area contributed by atoms with Gasteiger partial charge in [-0.3, -0.25) is 24.3 Å². The van der Waals surface area contributed by atoms with Crippen molar-refractivity contribution in [2.75, 3.05) is 53.4 Å². The third-order valence-corrected chi connectivity index (χ3v) is 9.51. The van der Waals surface area contributed by atoms with Crippen molar-refractivity contribution in [2.45, 2.75) is 37.6 Å². The molecule has 0 radical (unpaired) electrons. The molecule has 3 fully saturated rings.